The number of thiazole rings is 1. The van der Waals surface area contributed by atoms with Gasteiger partial charge in [0.25, 0.3) is 15.1 Å². The van der Waals surface area contributed by atoms with Gasteiger partial charge in [-0.05, 0) is 43.2 Å². The zero-order chi connectivity index (χ0) is 24.7. The lowest BCUT2D eigenvalue weighted by molar-refractivity contribution is -0.649. The largest absolute Gasteiger partial charge is 0.743 e. The highest BCUT2D eigenvalue weighted by atomic mass is 35.5. The van der Waals surface area contributed by atoms with Gasteiger partial charge >= 0.3 is 0 Å². The first-order valence-corrected chi connectivity index (χ1v) is 15.4. The van der Waals surface area contributed by atoms with E-state index in [1.807, 2.05) is 11.0 Å². The number of nitrogens with zero attached hydrogens (tertiary/aromatic N) is 2. The van der Waals surface area contributed by atoms with Crippen molar-refractivity contribution in [1.29, 1.82) is 0 Å². The lowest BCUT2D eigenvalue weighted by Gasteiger charge is -2.20. The molecule has 34 heavy (non-hydrogen) atoms. The molecule has 1 aliphatic heterocycles. The van der Waals surface area contributed by atoms with Crippen LogP contribution >= 0.6 is 46.3 Å². The van der Waals surface area contributed by atoms with Gasteiger partial charge in [0.2, 0.25) is 11.4 Å². The van der Waals surface area contributed by atoms with Crippen molar-refractivity contribution in [1.82, 2.24) is 0 Å². The number of rotatable bonds is 8. The summed E-state index contributed by atoms with van der Waals surface area (Å²) >= 11 is 15.1. The molecule has 0 fully saturated rings. The Kier molecular flexibility index (Phi) is 7.51. The van der Waals surface area contributed by atoms with Gasteiger partial charge in [-0.3, -0.25) is 4.55 Å². The first-order chi connectivity index (χ1) is 15.9. The summed E-state index contributed by atoms with van der Waals surface area (Å²) in [6, 6.07) is 10.5. The van der Waals surface area contributed by atoms with Gasteiger partial charge in [-0.2, -0.15) is 13.0 Å². The predicted octanol–water partition coefficient (Wildman–Crippen LogP) is 4.58. The number of benzene rings is 2. The molecule has 1 N–H and O–H groups in total. The summed E-state index contributed by atoms with van der Waals surface area (Å²) in [4.78, 5) is 2.89. The standard InChI is InChI=1S/C20H18Cl2N2O6S4/c21-13-3-5-17-15(9-13)23(7-1-2-8-33(25,26)27)19(31-17)11-20-24(12-34(28,29)30)16-10-14(22)4-6-18(16)32-20/h3-6,9-11H,1-2,7-8,12H2,(H-,25,26,27,28,29,30). The van der Waals surface area contributed by atoms with Crippen LogP contribution in [0.4, 0.5) is 5.69 Å². The fraction of sp³-hybridized carbons (Fsp3) is 0.250. The summed E-state index contributed by atoms with van der Waals surface area (Å²) < 4.78 is 68.2. The number of halogens is 2. The zero-order valence-corrected chi connectivity index (χ0v) is 22.1. The van der Waals surface area contributed by atoms with Gasteiger partial charge in [0.1, 0.15) is 4.70 Å². The fourth-order valence-electron chi connectivity index (χ4n) is 3.55. The maximum atomic E-state index is 11.6. The number of hydrogen-bond donors (Lipinski definition) is 1. The molecule has 182 valence electrons. The Balaban J connectivity index is 1.74. The third kappa shape index (κ3) is 6.24. The van der Waals surface area contributed by atoms with Gasteiger partial charge in [-0.25, -0.2) is 8.42 Å². The molecule has 0 spiro atoms. The summed E-state index contributed by atoms with van der Waals surface area (Å²) in [6.45, 7) is 0.443. The highest BCUT2D eigenvalue weighted by Gasteiger charge is 2.29. The maximum Gasteiger partial charge on any atom is 0.266 e. The van der Waals surface area contributed by atoms with E-state index in [0.29, 0.717) is 33.5 Å². The number of hydrogen-bond acceptors (Lipinski definition) is 8. The number of anilines is 1. The van der Waals surface area contributed by atoms with Crippen molar-refractivity contribution >= 4 is 88.5 Å². The van der Waals surface area contributed by atoms with Crippen molar-refractivity contribution in [2.45, 2.75) is 23.6 Å². The quantitative estimate of drug-likeness (QED) is 0.233. The van der Waals surface area contributed by atoms with E-state index < -0.39 is 26.1 Å². The van der Waals surface area contributed by atoms with Crippen LogP contribution < -0.4 is 9.47 Å². The lowest BCUT2D eigenvalue weighted by Crippen LogP contribution is -2.39. The summed E-state index contributed by atoms with van der Waals surface area (Å²) in [7, 11) is -8.63. The molecule has 0 saturated heterocycles. The SMILES string of the molecule is O=S(=O)([O-])C[n+]1c(C=C2Sc3ccc(Cl)cc3N2CCCCS(=O)(=O)O)sc2ccc(Cl)cc21. The van der Waals surface area contributed by atoms with E-state index in [4.69, 9.17) is 27.8 Å². The Bertz CT molecular complexity index is 1500. The molecule has 4 rings (SSSR count). The molecule has 0 radical (unpaired) electrons. The van der Waals surface area contributed by atoms with Crippen molar-refractivity contribution in [3.63, 3.8) is 0 Å². The number of thioether (sulfide) groups is 1. The second-order valence-corrected chi connectivity index (χ2v) is 13.5. The zero-order valence-electron chi connectivity index (χ0n) is 17.3. The van der Waals surface area contributed by atoms with Crippen LogP contribution in [0.5, 0.6) is 0 Å². The lowest BCUT2D eigenvalue weighted by atomic mass is 10.2. The molecule has 8 nitrogen and oxygen atoms in total. The smallest absolute Gasteiger partial charge is 0.266 e. The molecule has 1 aliphatic rings. The first-order valence-electron chi connectivity index (χ1n) is 9.87. The molecule has 0 atom stereocenters. The Hall–Kier alpha value is -1.38. The van der Waals surface area contributed by atoms with Crippen LogP contribution in [-0.4, -0.2) is 38.2 Å². The molecule has 0 aliphatic carbocycles. The molecule has 0 amide bonds. The predicted molar refractivity (Wildman–Crippen MR) is 135 cm³/mol. The van der Waals surface area contributed by atoms with Crippen molar-refractivity contribution in [2.24, 2.45) is 0 Å². The molecule has 1 aromatic heterocycles. The Labute approximate surface area is 215 Å². The van der Waals surface area contributed by atoms with Gasteiger partial charge in [-0.1, -0.05) is 46.3 Å². The van der Waals surface area contributed by atoms with Crippen LogP contribution in [0, 0.1) is 0 Å². The monoisotopic (exact) mass is 580 g/mol. The number of aromatic nitrogens is 1. The Morgan fingerprint density at radius 1 is 1.06 bits per heavy atom. The summed E-state index contributed by atoms with van der Waals surface area (Å²) in [5.41, 5.74) is 1.37. The van der Waals surface area contributed by atoms with E-state index in [1.165, 1.54) is 27.7 Å². The van der Waals surface area contributed by atoms with Gasteiger partial charge in [0.05, 0.1) is 22.5 Å². The summed E-state index contributed by atoms with van der Waals surface area (Å²) in [5.74, 6) is -1.09. The minimum Gasteiger partial charge on any atom is -0.743 e. The van der Waals surface area contributed by atoms with Gasteiger partial charge in [0.15, 0.2) is 10.1 Å². The van der Waals surface area contributed by atoms with Crippen LogP contribution in [0.15, 0.2) is 46.3 Å². The second-order valence-electron chi connectivity index (χ2n) is 7.51. The minimum absolute atomic E-state index is 0.263. The molecule has 0 saturated carbocycles. The third-order valence-corrected chi connectivity index (χ3v) is 9.03. The maximum absolute atomic E-state index is 11.6. The third-order valence-electron chi connectivity index (χ3n) is 4.95. The molecular formula is C20H18Cl2N2O6S4. The van der Waals surface area contributed by atoms with E-state index in [9.17, 15) is 21.4 Å². The van der Waals surface area contributed by atoms with Crippen LogP contribution in [0.1, 0.15) is 17.8 Å². The Morgan fingerprint density at radius 3 is 2.47 bits per heavy atom. The van der Waals surface area contributed by atoms with Gasteiger partial charge < -0.3 is 9.45 Å². The summed E-state index contributed by atoms with van der Waals surface area (Å²) in [5, 5.41) is 2.26. The Morgan fingerprint density at radius 2 is 1.76 bits per heavy atom. The van der Waals surface area contributed by atoms with Gasteiger partial charge in [0, 0.05) is 27.6 Å². The molecule has 2 heterocycles. The van der Waals surface area contributed by atoms with Crippen LogP contribution in [0.25, 0.3) is 16.3 Å². The van der Waals surface area contributed by atoms with Crippen molar-refractivity contribution in [2.75, 3.05) is 17.2 Å². The van der Waals surface area contributed by atoms with E-state index in [1.54, 1.807) is 36.4 Å². The van der Waals surface area contributed by atoms with Crippen molar-refractivity contribution in [3.05, 3.63) is 56.5 Å². The van der Waals surface area contributed by atoms with E-state index in [-0.39, 0.29) is 12.2 Å². The van der Waals surface area contributed by atoms with E-state index in [0.717, 1.165) is 20.3 Å². The highest BCUT2D eigenvalue weighted by Crippen LogP contribution is 2.48. The topological polar surface area (TPSA) is 119 Å². The van der Waals surface area contributed by atoms with E-state index in [2.05, 4.69) is 0 Å². The normalized spacial score (nSPS) is 15.4. The minimum atomic E-state index is -4.58. The average molecular weight is 582 g/mol. The molecule has 2 aromatic carbocycles. The van der Waals surface area contributed by atoms with Gasteiger partial charge in [-0.15, -0.1) is 0 Å². The van der Waals surface area contributed by atoms with Crippen molar-refractivity contribution < 1.29 is 30.5 Å². The van der Waals surface area contributed by atoms with Crippen LogP contribution in [0.3, 0.4) is 0 Å². The first kappa shape index (κ1) is 25.7. The number of fused-ring (bicyclic) bond motifs is 2. The molecule has 0 unspecified atom stereocenters. The van der Waals surface area contributed by atoms with Crippen LogP contribution in [-0.2, 0) is 26.1 Å². The highest BCUT2D eigenvalue weighted by molar-refractivity contribution is 8.04. The molecule has 3 aromatic rings. The average Bonchev–Trinajstić information content (AvgIpc) is 3.21. The molecular weight excluding hydrogens is 563 g/mol. The van der Waals surface area contributed by atoms with Crippen LogP contribution in [0.2, 0.25) is 10.0 Å². The molecule has 0 bridgehead atoms. The number of unbranched alkanes of at least 4 members (excludes halogenated alkanes) is 1. The summed E-state index contributed by atoms with van der Waals surface area (Å²) in [6.07, 6.45) is 2.53. The molecule has 14 heteroatoms. The van der Waals surface area contributed by atoms with Crippen molar-refractivity contribution in [3.8, 4) is 0 Å². The second kappa shape index (κ2) is 9.94. The fourth-order valence-corrected chi connectivity index (χ4v) is 7.38. The van der Waals surface area contributed by atoms with E-state index >= 15 is 0 Å².